The zero-order valence-electron chi connectivity index (χ0n) is 11.0. The molecule has 18 heavy (non-hydrogen) atoms. The molecular weight excluding hydrogens is 246 g/mol. The van der Waals surface area contributed by atoms with Crippen molar-refractivity contribution in [3.63, 3.8) is 0 Å². The first-order chi connectivity index (χ1) is 8.74. The van der Waals surface area contributed by atoms with Crippen LogP contribution in [0.1, 0.15) is 35.4 Å². The van der Waals surface area contributed by atoms with E-state index >= 15 is 0 Å². The van der Waals surface area contributed by atoms with E-state index < -0.39 is 6.10 Å². The number of aryl methyl sites for hydroxylation is 1. The fraction of sp³-hybridized carbons (Fsp3) is 0.714. The molecule has 1 atom stereocenters. The van der Waals surface area contributed by atoms with Crippen LogP contribution in [0.2, 0.25) is 0 Å². The van der Waals surface area contributed by atoms with Crippen LogP contribution in [0.15, 0.2) is 12.1 Å². The van der Waals surface area contributed by atoms with Gasteiger partial charge in [0.25, 0.3) is 0 Å². The lowest BCUT2D eigenvalue weighted by atomic mass is 10.3. The minimum Gasteiger partial charge on any atom is -0.389 e. The lowest BCUT2D eigenvalue weighted by molar-refractivity contribution is -0.00548. The molecule has 0 aliphatic heterocycles. The highest BCUT2D eigenvalue weighted by molar-refractivity contribution is 7.11. The molecule has 1 aromatic heterocycles. The van der Waals surface area contributed by atoms with Crippen molar-refractivity contribution in [2.24, 2.45) is 0 Å². The maximum Gasteiger partial charge on any atom is 0.0897 e. The van der Waals surface area contributed by atoms with E-state index in [4.69, 9.17) is 4.74 Å². The quantitative estimate of drug-likeness (QED) is 0.799. The second-order valence-electron chi connectivity index (χ2n) is 5.04. The topological polar surface area (TPSA) is 41.5 Å². The Morgan fingerprint density at radius 1 is 1.44 bits per heavy atom. The van der Waals surface area contributed by atoms with Crippen LogP contribution in [-0.2, 0) is 11.3 Å². The monoisotopic (exact) mass is 269 g/mol. The highest BCUT2D eigenvalue weighted by Gasteiger charge is 2.16. The molecule has 1 aliphatic rings. The first-order valence-corrected chi connectivity index (χ1v) is 7.61. The molecule has 0 saturated heterocycles. The fourth-order valence-corrected chi connectivity index (χ4v) is 3.16. The summed E-state index contributed by atoms with van der Waals surface area (Å²) >= 11 is 1.80. The van der Waals surface area contributed by atoms with E-state index in [0.29, 0.717) is 19.3 Å². The van der Waals surface area contributed by atoms with Crippen molar-refractivity contribution in [1.29, 1.82) is 0 Å². The molecule has 102 valence electrons. The van der Waals surface area contributed by atoms with Gasteiger partial charge >= 0.3 is 0 Å². The Hall–Kier alpha value is -0.420. The summed E-state index contributed by atoms with van der Waals surface area (Å²) in [6.45, 7) is 4.00. The van der Waals surface area contributed by atoms with Gasteiger partial charge in [0.2, 0.25) is 0 Å². The molecule has 0 aromatic carbocycles. The van der Waals surface area contributed by atoms with Crippen molar-refractivity contribution < 1.29 is 9.84 Å². The summed E-state index contributed by atoms with van der Waals surface area (Å²) in [4.78, 5) is 2.65. The van der Waals surface area contributed by atoms with Crippen LogP contribution >= 0.6 is 11.3 Å². The average molecular weight is 269 g/mol. The summed E-state index contributed by atoms with van der Waals surface area (Å²) < 4.78 is 5.68. The Morgan fingerprint density at radius 2 is 2.22 bits per heavy atom. The lowest BCUT2D eigenvalue weighted by Gasteiger charge is -2.15. The number of thiophene rings is 1. The number of hydrogen-bond acceptors (Lipinski definition) is 4. The third-order valence-corrected chi connectivity index (χ3v) is 4.30. The molecule has 0 radical (unpaired) electrons. The number of rotatable bonds is 7. The molecule has 1 heterocycles. The molecule has 0 bridgehead atoms. The standard InChI is InChI=1S/C14H23NO2S/c1-11-6-7-14(18-11)9-15-8-12(16)10-17-13-4-2-3-5-13/h6-7,12-13,15-16H,2-5,8-10H2,1H3. The van der Waals surface area contributed by atoms with E-state index in [2.05, 4.69) is 24.4 Å². The van der Waals surface area contributed by atoms with Crippen molar-refractivity contribution in [2.45, 2.75) is 51.4 Å². The zero-order valence-corrected chi connectivity index (χ0v) is 11.8. The van der Waals surface area contributed by atoms with E-state index in [9.17, 15) is 5.11 Å². The van der Waals surface area contributed by atoms with E-state index in [-0.39, 0.29) is 0 Å². The van der Waals surface area contributed by atoms with Crippen molar-refractivity contribution in [3.8, 4) is 0 Å². The summed E-state index contributed by atoms with van der Waals surface area (Å²) in [6.07, 6.45) is 4.86. The Balaban J connectivity index is 1.55. The van der Waals surface area contributed by atoms with Gasteiger partial charge in [0.15, 0.2) is 0 Å². The number of aliphatic hydroxyl groups is 1. The van der Waals surface area contributed by atoms with Gasteiger partial charge in [-0.2, -0.15) is 0 Å². The Morgan fingerprint density at radius 3 is 2.89 bits per heavy atom. The van der Waals surface area contributed by atoms with Crippen molar-refractivity contribution in [3.05, 3.63) is 21.9 Å². The minimum atomic E-state index is -0.397. The molecule has 1 saturated carbocycles. The van der Waals surface area contributed by atoms with E-state index in [1.807, 2.05) is 0 Å². The second kappa shape index (κ2) is 7.24. The third kappa shape index (κ3) is 4.69. The second-order valence-corrected chi connectivity index (χ2v) is 6.41. The highest BCUT2D eigenvalue weighted by Crippen LogP contribution is 2.20. The van der Waals surface area contributed by atoms with Gasteiger partial charge in [0, 0.05) is 22.8 Å². The van der Waals surface area contributed by atoms with Gasteiger partial charge in [-0.15, -0.1) is 11.3 Å². The van der Waals surface area contributed by atoms with Crippen LogP contribution in [-0.4, -0.2) is 30.5 Å². The van der Waals surface area contributed by atoms with E-state index in [1.165, 1.54) is 22.6 Å². The number of nitrogens with one attached hydrogen (secondary N) is 1. The zero-order chi connectivity index (χ0) is 12.8. The number of aliphatic hydroxyl groups excluding tert-OH is 1. The summed E-state index contributed by atoms with van der Waals surface area (Å²) in [5, 5.41) is 13.1. The maximum absolute atomic E-state index is 9.81. The first-order valence-electron chi connectivity index (χ1n) is 6.80. The molecule has 2 N–H and O–H groups in total. The average Bonchev–Trinajstić information content (AvgIpc) is 2.98. The normalized spacial score (nSPS) is 18.3. The van der Waals surface area contributed by atoms with Gasteiger partial charge < -0.3 is 15.2 Å². The maximum atomic E-state index is 9.81. The molecule has 2 rings (SSSR count). The Kier molecular flexibility index (Phi) is 5.63. The van der Waals surface area contributed by atoms with Gasteiger partial charge in [-0.25, -0.2) is 0 Å². The van der Waals surface area contributed by atoms with E-state index in [1.54, 1.807) is 11.3 Å². The SMILES string of the molecule is Cc1ccc(CNCC(O)COC2CCCC2)s1. The smallest absolute Gasteiger partial charge is 0.0897 e. The highest BCUT2D eigenvalue weighted by atomic mass is 32.1. The molecule has 3 nitrogen and oxygen atoms in total. The van der Waals surface area contributed by atoms with Gasteiger partial charge in [-0.05, 0) is 31.9 Å². The number of hydrogen-bond donors (Lipinski definition) is 2. The lowest BCUT2D eigenvalue weighted by Crippen LogP contribution is -2.31. The summed E-state index contributed by atoms with van der Waals surface area (Å²) in [6, 6.07) is 4.26. The molecule has 1 aliphatic carbocycles. The van der Waals surface area contributed by atoms with Crippen LogP contribution in [0.5, 0.6) is 0 Å². The minimum absolute atomic E-state index is 0.389. The van der Waals surface area contributed by atoms with Gasteiger partial charge in [0.1, 0.15) is 0 Å². The fourth-order valence-electron chi connectivity index (χ4n) is 2.30. The predicted molar refractivity (Wildman–Crippen MR) is 75.0 cm³/mol. The van der Waals surface area contributed by atoms with Gasteiger partial charge in [-0.1, -0.05) is 12.8 Å². The van der Waals surface area contributed by atoms with Crippen LogP contribution in [0.3, 0.4) is 0 Å². The molecule has 1 aromatic rings. The van der Waals surface area contributed by atoms with Crippen LogP contribution < -0.4 is 5.32 Å². The van der Waals surface area contributed by atoms with E-state index in [0.717, 1.165) is 19.4 Å². The van der Waals surface area contributed by atoms with Crippen molar-refractivity contribution in [1.82, 2.24) is 5.32 Å². The van der Waals surface area contributed by atoms with Crippen LogP contribution in [0, 0.1) is 6.92 Å². The molecule has 0 amide bonds. The third-order valence-electron chi connectivity index (χ3n) is 3.30. The van der Waals surface area contributed by atoms with Crippen molar-refractivity contribution >= 4 is 11.3 Å². The summed E-state index contributed by atoms with van der Waals surface area (Å²) in [7, 11) is 0. The summed E-state index contributed by atoms with van der Waals surface area (Å²) in [5.74, 6) is 0. The molecule has 1 unspecified atom stereocenters. The molecule has 0 spiro atoms. The Bertz CT molecular complexity index is 347. The van der Waals surface area contributed by atoms with Crippen molar-refractivity contribution in [2.75, 3.05) is 13.2 Å². The Labute approximate surface area is 113 Å². The van der Waals surface area contributed by atoms with Crippen LogP contribution in [0.25, 0.3) is 0 Å². The molecular formula is C14H23NO2S. The number of ether oxygens (including phenoxy) is 1. The van der Waals surface area contributed by atoms with Gasteiger partial charge in [0.05, 0.1) is 18.8 Å². The predicted octanol–water partition coefficient (Wildman–Crippen LogP) is 2.47. The molecule has 1 fully saturated rings. The van der Waals surface area contributed by atoms with Gasteiger partial charge in [-0.3, -0.25) is 0 Å². The molecule has 4 heteroatoms. The first kappa shape index (κ1) is 14.0. The largest absolute Gasteiger partial charge is 0.389 e. The van der Waals surface area contributed by atoms with Crippen LogP contribution in [0.4, 0.5) is 0 Å². The summed E-state index contributed by atoms with van der Waals surface area (Å²) in [5.41, 5.74) is 0.